The number of nitro groups is 1. The fourth-order valence-electron chi connectivity index (χ4n) is 1.70. The number of nitrogens with zero attached hydrogens (tertiary/aromatic N) is 2. The van der Waals surface area contributed by atoms with Crippen LogP contribution in [0, 0.1) is 10.1 Å². The van der Waals surface area contributed by atoms with Crippen LogP contribution in [0.25, 0.3) is 0 Å². The third kappa shape index (κ3) is 3.67. The molecule has 1 aromatic heterocycles. The summed E-state index contributed by atoms with van der Waals surface area (Å²) >= 11 is 0. The van der Waals surface area contributed by atoms with E-state index >= 15 is 0 Å². The largest absolute Gasteiger partial charge is 0.434 e. The molecule has 0 amide bonds. The summed E-state index contributed by atoms with van der Waals surface area (Å²) in [5.74, 6) is 0.844. The predicted molar refractivity (Wildman–Crippen MR) is 77.5 cm³/mol. The highest BCUT2D eigenvalue weighted by molar-refractivity contribution is 5.50. The molecule has 0 aliphatic rings. The van der Waals surface area contributed by atoms with Gasteiger partial charge in [-0.1, -0.05) is 12.1 Å². The van der Waals surface area contributed by atoms with Crippen molar-refractivity contribution in [1.82, 2.24) is 4.98 Å². The Bertz CT molecular complexity index is 629. The number of aliphatic hydroxyl groups is 1. The Morgan fingerprint density at radius 2 is 2.00 bits per heavy atom. The van der Waals surface area contributed by atoms with Crippen molar-refractivity contribution in [3.05, 3.63) is 52.1 Å². The first-order valence-corrected chi connectivity index (χ1v) is 6.41. The molecule has 7 heteroatoms. The van der Waals surface area contributed by atoms with Crippen LogP contribution in [0.1, 0.15) is 12.5 Å². The number of aromatic nitrogens is 1. The van der Waals surface area contributed by atoms with Gasteiger partial charge in [-0.25, -0.2) is 0 Å². The molecule has 0 fully saturated rings. The minimum Gasteiger partial charge on any atom is -0.434 e. The van der Waals surface area contributed by atoms with E-state index in [4.69, 9.17) is 9.84 Å². The summed E-state index contributed by atoms with van der Waals surface area (Å²) in [4.78, 5) is 14.6. The molecule has 2 rings (SSSR count). The molecule has 0 bridgehead atoms. The maximum absolute atomic E-state index is 11.0. The summed E-state index contributed by atoms with van der Waals surface area (Å²) in [5.41, 5.74) is 0.522. The standard InChI is InChI=1S/C14H15N3O4/c1-2-15-13-8-7-12(17(19)20)14(16-13)21-11-5-3-10(9-18)4-6-11/h3-8,18H,2,9H2,1H3,(H,15,16). The Labute approximate surface area is 121 Å². The predicted octanol–water partition coefficient (Wildman–Crippen LogP) is 2.71. The minimum absolute atomic E-state index is 0.0739. The molecule has 0 spiro atoms. The monoisotopic (exact) mass is 289 g/mol. The summed E-state index contributed by atoms with van der Waals surface area (Å²) in [7, 11) is 0. The molecule has 0 aliphatic carbocycles. The summed E-state index contributed by atoms with van der Waals surface area (Å²) < 4.78 is 5.48. The zero-order valence-electron chi connectivity index (χ0n) is 11.4. The van der Waals surface area contributed by atoms with E-state index in [-0.39, 0.29) is 18.2 Å². The average Bonchev–Trinajstić information content (AvgIpc) is 2.48. The van der Waals surface area contributed by atoms with Crippen LogP contribution >= 0.6 is 0 Å². The third-order valence-corrected chi connectivity index (χ3v) is 2.72. The maximum atomic E-state index is 11.0. The van der Waals surface area contributed by atoms with Crippen molar-refractivity contribution in [2.45, 2.75) is 13.5 Å². The van der Waals surface area contributed by atoms with Crippen LogP contribution in [0.2, 0.25) is 0 Å². The quantitative estimate of drug-likeness (QED) is 0.626. The van der Waals surface area contributed by atoms with E-state index < -0.39 is 4.92 Å². The van der Waals surface area contributed by atoms with E-state index in [0.717, 1.165) is 5.56 Å². The van der Waals surface area contributed by atoms with Crippen LogP contribution in [0.15, 0.2) is 36.4 Å². The van der Waals surface area contributed by atoms with Crippen molar-refractivity contribution in [2.24, 2.45) is 0 Å². The van der Waals surface area contributed by atoms with Gasteiger partial charge in [0.05, 0.1) is 11.5 Å². The number of ether oxygens (including phenoxy) is 1. The van der Waals surface area contributed by atoms with E-state index in [0.29, 0.717) is 18.1 Å². The fraction of sp³-hybridized carbons (Fsp3) is 0.214. The number of aliphatic hydroxyl groups excluding tert-OH is 1. The van der Waals surface area contributed by atoms with Crippen molar-refractivity contribution < 1.29 is 14.8 Å². The molecule has 2 N–H and O–H groups in total. The summed E-state index contributed by atoms with van der Waals surface area (Å²) in [6.45, 7) is 2.47. The van der Waals surface area contributed by atoms with Gasteiger partial charge in [-0.3, -0.25) is 10.1 Å². The highest BCUT2D eigenvalue weighted by atomic mass is 16.6. The number of nitrogens with one attached hydrogen (secondary N) is 1. The average molecular weight is 289 g/mol. The van der Waals surface area contributed by atoms with Gasteiger partial charge in [-0.15, -0.1) is 0 Å². The number of pyridine rings is 1. The minimum atomic E-state index is -0.542. The Morgan fingerprint density at radius 3 is 2.57 bits per heavy atom. The van der Waals surface area contributed by atoms with Crippen LogP contribution in [0.3, 0.4) is 0 Å². The Hall–Kier alpha value is -2.67. The van der Waals surface area contributed by atoms with Crippen molar-refractivity contribution in [1.29, 1.82) is 0 Å². The number of rotatable bonds is 6. The van der Waals surface area contributed by atoms with Crippen molar-refractivity contribution >= 4 is 11.5 Å². The zero-order chi connectivity index (χ0) is 15.2. The second kappa shape index (κ2) is 6.67. The number of hydrogen-bond donors (Lipinski definition) is 2. The van der Waals surface area contributed by atoms with E-state index in [1.807, 2.05) is 6.92 Å². The summed E-state index contributed by atoms with van der Waals surface area (Å²) in [6.07, 6.45) is 0. The van der Waals surface area contributed by atoms with Gasteiger partial charge in [0.15, 0.2) is 0 Å². The molecule has 0 saturated heterocycles. The molecule has 0 aliphatic heterocycles. The van der Waals surface area contributed by atoms with Crippen LogP contribution in [-0.2, 0) is 6.61 Å². The smallest absolute Gasteiger partial charge is 0.331 e. The lowest BCUT2D eigenvalue weighted by molar-refractivity contribution is -0.386. The number of hydrogen-bond acceptors (Lipinski definition) is 6. The molecule has 1 heterocycles. The molecular weight excluding hydrogens is 274 g/mol. The van der Waals surface area contributed by atoms with Crippen LogP contribution in [-0.4, -0.2) is 21.6 Å². The molecule has 21 heavy (non-hydrogen) atoms. The van der Waals surface area contributed by atoms with Gasteiger partial charge in [0.25, 0.3) is 0 Å². The van der Waals surface area contributed by atoms with Gasteiger partial charge < -0.3 is 15.2 Å². The fourth-order valence-corrected chi connectivity index (χ4v) is 1.70. The van der Waals surface area contributed by atoms with Crippen LogP contribution < -0.4 is 10.1 Å². The van der Waals surface area contributed by atoms with Gasteiger partial charge in [0.2, 0.25) is 0 Å². The third-order valence-electron chi connectivity index (χ3n) is 2.72. The second-order valence-electron chi connectivity index (χ2n) is 4.21. The lowest BCUT2D eigenvalue weighted by atomic mass is 10.2. The molecule has 0 radical (unpaired) electrons. The van der Waals surface area contributed by atoms with Crippen molar-refractivity contribution in [2.75, 3.05) is 11.9 Å². The first-order chi connectivity index (χ1) is 10.1. The maximum Gasteiger partial charge on any atom is 0.331 e. The van der Waals surface area contributed by atoms with E-state index in [1.54, 1.807) is 24.3 Å². The summed E-state index contributed by atoms with van der Waals surface area (Å²) in [6, 6.07) is 9.48. The normalized spacial score (nSPS) is 10.2. The Kier molecular flexibility index (Phi) is 4.68. The Morgan fingerprint density at radius 1 is 1.29 bits per heavy atom. The van der Waals surface area contributed by atoms with E-state index in [9.17, 15) is 10.1 Å². The topological polar surface area (TPSA) is 97.5 Å². The van der Waals surface area contributed by atoms with Gasteiger partial charge in [-0.05, 0) is 30.7 Å². The van der Waals surface area contributed by atoms with Crippen molar-refractivity contribution in [3.63, 3.8) is 0 Å². The first kappa shape index (κ1) is 14.7. The van der Waals surface area contributed by atoms with Gasteiger partial charge in [0.1, 0.15) is 11.6 Å². The first-order valence-electron chi connectivity index (χ1n) is 6.41. The highest BCUT2D eigenvalue weighted by Crippen LogP contribution is 2.30. The van der Waals surface area contributed by atoms with Crippen LogP contribution in [0.4, 0.5) is 11.5 Å². The SMILES string of the molecule is CCNc1ccc([N+](=O)[O-])c(Oc2ccc(CO)cc2)n1. The lowest BCUT2D eigenvalue weighted by Crippen LogP contribution is -2.02. The van der Waals surface area contributed by atoms with E-state index in [1.165, 1.54) is 12.1 Å². The van der Waals surface area contributed by atoms with Crippen LogP contribution in [0.5, 0.6) is 11.6 Å². The molecule has 110 valence electrons. The molecule has 1 aromatic carbocycles. The lowest BCUT2D eigenvalue weighted by Gasteiger charge is -2.08. The van der Waals surface area contributed by atoms with E-state index in [2.05, 4.69) is 10.3 Å². The molecule has 2 aromatic rings. The van der Waals surface area contributed by atoms with Gasteiger partial charge in [0, 0.05) is 12.6 Å². The van der Waals surface area contributed by atoms with Gasteiger partial charge >= 0.3 is 11.6 Å². The number of anilines is 1. The summed E-state index contributed by atoms with van der Waals surface area (Å²) in [5, 5.41) is 23.0. The molecular formula is C14H15N3O4. The highest BCUT2D eigenvalue weighted by Gasteiger charge is 2.18. The van der Waals surface area contributed by atoms with Gasteiger partial charge in [-0.2, -0.15) is 4.98 Å². The molecule has 0 unspecified atom stereocenters. The number of benzene rings is 1. The molecule has 7 nitrogen and oxygen atoms in total. The molecule has 0 atom stereocenters. The Balaban J connectivity index is 2.30. The van der Waals surface area contributed by atoms with Crippen molar-refractivity contribution in [3.8, 4) is 11.6 Å². The zero-order valence-corrected chi connectivity index (χ0v) is 11.4. The molecule has 0 saturated carbocycles. The second-order valence-corrected chi connectivity index (χ2v) is 4.21.